The van der Waals surface area contributed by atoms with Crippen LogP contribution in [0.25, 0.3) is 0 Å². The van der Waals surface area contributed by atoms with Crippen molar-refractivity contribution in [2.45, 2.75) is 44.2 Å². The van der Waals surface area contributed by atoms with E-state index in [0.717, 1.165) is 31.9 Å². The number of carbonyl (C=O) groups is 1. The molecule has 6 nitrogen and oxygen atoms in total. The summed E-state index contributed by atoms with van der Waals surface area (Å²) in [4.78, 5) is 12.1. The second-order valence-corrected chi connectivity index (χ2v) is 7.56. The van der Waals surface area contributed by atoms with E-state index in [9.17, 15) is 18.3 Å². The normalized spacial score (nSPS) is 32.6. The zero-order valence-corrected chi connectivity index (χ0v) is 12.0. The van der Waals surface area contributed by atoms with E-state index in [0.29, 0.717) is 25.4 Å². The molecule has 1 aliphatic heterocycles. The Bertz CT molecular complexity index is 431. The molecule has 1 aliphatic carbocycles. The minimum absolute atomic E-state index is 0.202. The van der Waals surface area contributed by atoms with Crippen LogP contribution in [0.1, 0.15) is 32.1 Å². The van der Waals surface area contributed by atoms with Crippen LogP contribution in [0.4, 0.5) is 0 Å². The Kier molecular flexibility index (Phi) is 4.47. The van der Waals surface area contributed by atoms with E-state index in [4.69, 9.17) is 0 Å². The second kappa shape index (κ2) is 5.76. The van der Waals surface area contributed by atoms with Crippen LogP contribution in [-0.4, -0.2) is 55.2 Å². The van der Waals surface area contributed by atoms with Gasteiger partial charge in [0.1, 0.15) is 6.04 Å². The lowest BCUT2D eigenvalue weighted by Gasteiger charge is -2.35. The first-order valence-electron chi connectivity index (χ1n) is 6.80. The highest BCUT2D eigenvalue weighted by Gasteiger charge is 2.35. The number of piperidine rings is 1. The lowest BCUT2D eigenvalue weighted by Crippen LogP contribution is -2.52. The summed E-state index contributed by atoms with van der Waals surface area (Å²) < 4.78 is 24.6. The average Bonchev–Trinajstić information content (AvgIpc) is 2.32. The van der Waals surface area contributed by atoms with Crippen molar-refractivity contribution in [1.29, 1.82) is 0 Å². The SMILES string of the molecule is CS(=O)(=O)N1CCCCC1C(=O)NCC1CC(O)C1. The van der Waals surface area contributed by atoms with E-state index in [1.807, 2.05) is 0 Å². The van der Waals surface area contributed by atoms with Gasteiger partial charge in [0.25, 0.3) is 0 Å². The molecule has 19 heavy (non-hydrogen) atoms. The van der Waals surface area contributed by atoms with E-state index >= 15 is 0 Å². The Morgan fingerprint density at radius 1 is 1.37 bits per heavy atom. The number of aliphatic hydroxyl groups excluding tert-OH is 1. The molecule has 0 radical (unpaired) electrons. The minimum Gasteiger partial charge on any atom is -0.393 e. The standard InChI is InChI=1S/C12H22N2O4S/c1-19(17,18)14-5-3-2-4-11(14)12(16)13-8-9-6-10(15)7-9/h9-11,15H,2-8H2,1H3,(H,13,16). The zero-order valence-electron chi connectivity index (χ0n) is 11.2. The second-order valence-electron chi connectivity index (χ2n) is 5.62. The number of amides is 1. The van der Waals surface area contributed by atoms with Crippen molar-refractivity contribution in [3.05, 3.63) is 0 Å². The molecule has 1 atom stereocenters. The summed E-state index contributed by atoms with van der Waals surface area (Å²) in [5.74, 6) is 0.126. The third kappa shape index (κ3) is 3.67. The van der Waals surface area contributed by atoms with Crippen LogP contribution in [-0.2, 0) is 14.8 Å². The molecule has 7 heteroatoms. The van der Waals surface area contributed by atoms with Gasteiger partial charge < -0.3 is 10.4 Å². The molecule has 1 saturated carbocycles. The molecule has 110 valence electrons. The van der Waals surface area contributed by atoms with Gasteiger partial charge in [0.15, 0.2) is 0 Å². The highest BCUT2D eigenvalue weighted by Crippen LogP contribution is 2.26. The van der Waals surface area contributed by atoms with E-state index < -0.39 is 16.1 Å². The average molecular weight is 290 g/mol. The van der Waals surface area contributed by atoms with Crippen molar-refractivity contribution in [3.8, 4) is 0 Å². The van der Waals surface area contributed by atoms with Crippen LogP contribution in [0.5, 0.6) is 0 Å². The van der Waals surface area contributed by atoms with Gasteiger partial charge in [-0.05, 0) is 31.6 Å². The maximum Gasteiger partial charge on any atom is 0.238 e. The first-order chi connectivity index (χ1) is 8.88. The predicted molar refractivity (Wildman–Crippen MR) is 70.9 cm³/mol. The third-order valence-electron chi connectivity index (χ3n) is 3.96. The number of rotatable bonds is 4. The molecule has 2 N–H and O–H groups in total. The lowest BCUT2D eigenvalue weighted by atomic mass is 9.82. The van der Waals surface area contributed by atoms with Crippen LogP contribution < -0.4 is 5.32 Å². The predicted octanol–water partition coefficient (Wildman–Crippen LogP) is -0.312. The van der Waals surface area contributed by atoms with E-state index in [2.05, 4.69) is 5.32 Å². The molecule has 2 aliphatic rings. The maximum atomic E-state index is 12.1. The molecule has 1 unspecified atom stereocenters. The monoisotopic (exact) mass is 290 g/mol. The van der Waals surface area contributed by atoms with Gasteiger partial charge in [0.05, 0.1) is 12.4 Å². The molecule has 2 fully saturated rings. The number of aliphatic hydroxyl groups is 1. The fourth-order valence-corrected chi connectivity index (χ4v) is 3.92. The summed E-state index contributed by atoms with van der Waals surface area (Å²) in [7, 11) is -3.33. The number of hydrogen-bond donors (Lipinski definition) is 2. The first kappa shape index (κ1) is 14.7. The van der Waals surface area contributed by atoms with E-state index in [1.54, 1.807) is 0 Å². The molecule has 1 saturated heterocycles. The number of nitrogens with one attached hydrogen (secondary N) is 1. The molecule has 0 spiro atoms. The summed E-state index contributed by atoms with van der Waals surface area (Å²) in [6, 6.07) is -0.561. The first-order valence-corrected chi connectivity index (χ1v) is 8.65. The van der Waals surface area contributed by atoms with Crippen molar-refractivity contribution in [2.24, 2.45) is 5.92 Å². The van der Waals surface area contributed by atoms with Gasteiger partial charge in [-0.1, -0.05) is 6.42 Å². The summed E-state index contributed by atoms with van der Waals surface area (Å²) in [5, 5.41) is 12.0. The number of nitrogens with zero attached hydrogens (tertiary/aromatic N) is 1. The molecule has 0 aromatic rings. The molecule has 1 amide bonds. The Labute approximate surface area is 114 Å². The third-order valence-corrected chi connectivity index (χ3v) is 5.25. The highest BCUT2D eigenvalue weighted by atomic mass is 32.2. The summed E-state index contributed by atoms with van der Waals surface area (Å²) >= 11 is 0. The van der Waals surface area contributed by atoms with Gasteiger partial charge in [0.2, 0.25) is 15.9 Å². The molecular weight excluding hydrogens is 268 g/mol. The molecule has 0 aromatic heterocycles. The summed E-state index contributed by atoms with van der Waals surface area (Å²) in [5.41, 5.74) is 0. The van der Waals surface area contributed by atoms with Gasteiger partial charge in [-0.3, -0.25) is 4.79 Å². The van der Waals surface area contributed by atoms with Gasteiger partial charge in [-0.25, -0.2) is 8.42 Å². The molecule has 2 rings (SSSR count). The Morgan fingerprint density at radius 2 is 2.05 bits per heavy atom. The van der Waals surface area contributed by atoms with Gasteiger partial charge in [-0.2, -0.15) is 4.31 Å². The van der Waals surface area contributed by atoms with E-state index in [1.165, 1.54) is 4.31 Å². The van der Waals surface area contributed by atoms with Crippen molar-refractivity contribution in [2.75, 3.05) is 19.3 Å². The van der Waals surface area contributed by atoms with Crippen LogP contribution >= 0.6 is 0 Å². The fraction of sp³-hybridized carbons (Fsp3) is 0.917. The highest BCUT2D eigenvalue weighted by molar-refractivity contribution is 7.88. The molecule has 0 aromatic carbocycles. The molecular formula is C12H22N2O4S. The number of hydrogen-bond acceptors (Lipinski definition) is 4. The van der Waals surface area contributed by atoms with Crippen molar-refractivity contribution >= 4 is 15.9 Å². The fourth-order valence-electron chi connectivity index (χ4n) is 2.79. The number of carbonyl (C=O) groups excluding carboxylic acids is 1. The van der Waals surface area contributed by atoms with Crippen LogP contribution in [0.3, 0.4) is 0 Å². The lowest BCUT2D eigenvalue weighted by molar-refractivity contribution is -0.126. The Balaban J connectivity index is 1.88. The smallest absolute Gasteiger partial charge is 0.238 e. The van der Waals surface area contributed by atoms with Crippen molar-refractivity contribution < 1.29 is 18.3 Å². The van der Waals surface area contributed by atoms with Crippen molar-refractivity contribution in [3.63, 3.8) is 0 Å². The van der Waals surface area contributed by atoms with Gasteiger partial charge >= 0.3 is 0 Å². The topological polar surface area (TPSA) is 86.7 Å². The van der Waals surface area contributed by atoms with E-state index in [-0.39, 0.29) is 12.0 Å². The number of sulfonamides is 1. The zero-order chi connectivity index (χ0) is 14.0. The van der Waals surface area contributed by atoms with Crippen molar-refractivity contribution in [1.82, 2.24) is 9.62 Å². The Morgan fingerprint density at radius 3 is 2.63 bits per heavy atom. The molecule has 1 heterocycles. The summed E-state index contributed by atoms with van der Waals surface area (Å²) in [6.07, 6.45) is 4.65. The van der Waals surface area contributed by atoms with Crippen LogP contribution in [0.2, 0.25) is 0 Å². The quantitative estimate of drug-likeness (QED) is 0.743. The van der Waals surface area contributed by atoms with Gasteiger partial charge in [0, 0.05) is 13.1 Å². The summed E-state index contributed by atoms with van der Waals surface area (Å²) in [6.45, 7) is 0.961. The van der Waals surface area contributed by atoms with Crippen LogP contribution in [0, 0.1) is 5.92 Å². The van der Waals surface area contributed by atoms with Crippen LogP contribution in [0.15, 0.2) is 0 Å². The van der Waals surface area contributed by atoms with Gasteiger partial charge in [-0.15, -0.1) is 0 Å². The molecule has 0 bridgehead atoms. The Hall–Kier alpha value is -0.660. The maximum absolute atomic E-state index is 12.1. The minimum atomic E-state index is -3.33. The largest absolute Gasteiger partial charge is 0.393 e.